The van der Waals surface area contributed by atoms with Crippen LogP contribution in [0.15, 0.2) is 0 Å². The molecule has 1 heterocycles. The summed E-state index contributed by atoms with van der Waals surface area (Å²) in [4.78, 5) is 16.6. The van der Waals surface area contributed by atoms with E-state index in [0.29, 0.717) is 19.1 Å². The van der Waals surface area contributed by atoms with Crippen LogP contribution in [0, 0.1) is 5.92 Å². The molecular weight excluding hydrogens is 252 g/mol. The SMILES string of the molecule is CN(CC(=O)N1CCCC2CCCCC21)CC(C)(C)O. The number of likely N-dealkylation sites (N-methyl/N-ethyl adjacent to an activating group) is 1. The van der Waals surface area contributed by atoms with E-state index in [1.54, 1.807) is 13.8 Å². The molecule has 2 atom stereocenters. The second-order valence-corrected chi connectivity index (χ2v) is 7.33. The Bertz CT molecular complexity index is 336. The van der Waals surface area contributed by atoms with Crippen LogP contribution >= 0.6 is 0 Å². The highest BCUT2D eigenvalue weighted by Gasteiger charge is 2.35. The highest BCUT2D eigenvalue weighted by molar-refractivity contribution is 5.78. The second-order valence-electron chi connectivity index (χ2n) is 7.33. The van der Waals surface area contributed by atoms with Crippen molar-refractivity contribution in [3.8, 4) is 0 Å². The number of amides is 1. The Morgan fingerprint density at radius 1 is 1.25 bits per heavy atom. The lowest BCUT2D eigenvalue weighted by Gasteiger charge is -2.44. The van der Waals surface area contributed by atoms with Crippen molar-refractivity contribution >= 4 is 5.91 Å². The molecule has 1 amide bonds. The van der Waals surface area contributed by atoms with Gasteiger partial charge in [-0.25, -0.2) is 0 Å². The van der Waals surface area contributed by atoms with Crippen LogP contribution in [-0.2, 0) is 4.79 Å². The predicted molar refractivity (Wildman–Crippen MR) is 80.5 cm³/mol. The minimum Gasteiger partial charge on any atom is -0.389 e. The predicted octanol–water partition coefficient (Wildman–Crippen LogP) is 1.87. The summed E-state index contributed by atoms with van der Waals surface area (Å²) in [7, 11) is 1.91. The summed E-state index contributed by atoms with van der Waals surface area (Å²) < 4.78 is 0. The lowest BCUT2D eigenvalue weighted by molar-refractivity contribution is -0.139. The summed E-state index contributed by atoms with van der Waals surface area (Å²) in [5, 5.41) is 9.83. The number of nitrogens with zero attached hydrogens (tertiary/aromatic N) is 2. The molecule has 1 saturated carbocycles. The maximum Gasteiger partial charge on any atom is 0.236 e. The number of rotatable bonds is 4. The van der Waals surface area contributed by atoms with Gasteiger partial charge in [0, 0.05) is 19.1 Å². The summed E-state index contributed by atoms with van der Waals surface area (Å²) in [6.45, 7) is 5.45. The number of piperidine rings is 1. The van der Waals surface area contributed by atoms with Crippen molar-refractivity contribution < 1.29 is 9.90 Å². The van der Waals surface area contributed by atoms with E-state index in [-0.39, 0.29) is 5.91 Å². The van der Waals surface area contributed by atoms with Gasteiger partial charge in [0.05, 0.1) is 12.1 Å². The normalized spacial score (nSPS) is 27.6. The van der Waals surface area contributed by atoms with Crippen molar-refractivity contribution in [2.45, 2.75) is 64.0 Å². The molecule has 0 aromatic carbocycles. The van der Waals surface area contributed by atoms with Crippen molar-refractivity contribution in [1.82, 2.24) is 9.80 Å². The summed E-state index contributed by atoms with van der Waals surface area (Å²) >= 11 is 0. The molecular formula is C16H30N2O2. The molecule has 0 radical (unpaired) electrons. The van der Waals surface area contributed by atoms with Crippen LogP contribution in [0.25, 0.3) is 0 Å². The Labute approximate surface area is 123 Å². The van der Waals surface area contributed by atoms with Crippen LogP contribution < -0.4 is 0 Å². The number of hydrogen-bond acceptors (Lipinski definition) is 3. The number of likely N-dealkylation sites (tertiary alicyclic amines) is 1. The van der Waals surface area contributed by atoms with Crippen LogP contribution in [-0.4, -0.2) is 59.1 Å². The topological polar surface area (TPSA) is 43.8 Å². The first-order valence-corrected chi connectivity index (χ1v) is 8.07. The van der Waals surface area contributed by atoms with Crippen molar-refractivity contribution in [2.24, 2.45) is 5.92 Å². The van der Waals surface area contributed by atoms with Crippen molar-refractivity contribution in [3.05, 3.63) is 0 Å². The Balaban J connectivity index is 1.90. The van der Waals surface area contributed by atoms with E-state index < -0.39 is 5.60 Å². The smallest absolute Gasteiger partial charge is 0.236 e. The third-order valence-corrected chi connectivity index (χ3v) is 4.63. The van der Waals surface area contributed by atoms with E-state index in [1.165, 1.54) is 32.1 Å². The molecule has 1 aliphatic carbocycles. The molecule has 0 spiro atoms. The Morgan fingerprint density at radius 3 is 2.60 bits per heavy atom. The number of aliphatic hydroxyl groups is 1. The highest BCUT2D eigenvalue weighted by atomic mass is 16.3. The fourth-order valence-electron chi connectivity index (χ4n) is 3.97. The van der Waals surface area contributed by atoms with Crippen molar-refractivity contribution in [3.63, 3.8) is 0 Å². The Kier molecular flexibility index (Phi) is 5.08. The van der Waals surface area contributed by atoms with Gasteiger partial charge in [-0.05, 0) is 52.5 Å². The third kappa shape index (κ3) is 4.19. The summed E-state index contributed by atoms with van der Waals surface area (Å²) in [6, 6.07) is 0.487. The standard InChI is InChI=1S/C16H30N2O2/c1-16(2,20)12-17(3)11-15(19)18-10-6-8-13-7-4-5-9-14(13)18/h13-14,20H,4-12H2,1-3H3. The highest BCUT2D eigenvalue weighted by Crippen LogP contribution is 2.35. The molecule has 1 aliphatic heterocycles. The minimum atomic E-state index is -0.746. The summed E-state index contributed by atoms with van der Waals surface area (Å²) in [5.41, 5.74) is -0.746. The molecule has 2 unspecified atom stereocenters. The first-order chi connectivity index (χ1) is 9.37. The number of carbonyl (C=O) groups excluding carboxylic acids is 1. The molecule has 4 heteroatoms. The van der Waals surface area contributed by atoms with E-state index >= 15 is 0 Å². The van der Waals surface area contributed by atoms with Crippen LogP contribution in [0.3, 0.4) is 0 Å². The van der Waals surface area contributed by atoms with Gasteiger partial charge in [-0.2, -0.15) is 0 Å². The average Bonchev–Trinajstić information content (AvgIpc) is 2.35. The zero-order valence-corrected chi connectivity index (χ0v) is 13.3. The minimum absolute atomic E-state index is 0.244. The van der Waals surface area contributed by atoms with Crippen LogP contribution in [0.4, 0.5) is 0 Å². The molecule has 2 rings (SSSR count). The van der Waals surface area contributed by atoms with E-state index in [2.05, 4.69) is 4.90 Å². The number of hydrogen-bond donors (Lipinski definition) is 1. The lowest BCUT2D eigenvalue weighted by Crippen LogP contribution is -2.52. The largest absolute Gasteiger partial charge is 0.389 e. The first kappa shape index (κ1) is 15.8. The quantitative estimate of drug-likeness (QED) is 0.856. The number of fused-ring (bicyclic) bond motifs is 1. The fraction of sp³-hybridized carbons (Fsp3) is 0.938. The Hall–Kier alpha value is -0.610. The van der Waals surface area contributed by atoms with E-state index in [9.17, 15) is 9.90 Å². The lowest BCUT2D eigenvalue weighted by atomic mass is 9.78. The molecule has 0 aromatic rings. The average molecular weight is 282 g/mol. The van der Waals surface area contributed by atoms with Crippen molar-refractivity contribution in [1.29, 1.82) is 0 Å². The van der Waals surface area contributed by atoms with Gasteiger partial charge < -0.3 is 10.0 Å². The number of carbonyl (C=O) groups is 1. The van der Waals surface area contributed by atoms with Gasteiger partial charge in [0.15, 0.2) is 0 Å². The second kappa shape index (κ2) is 6.44. The van der Waals surface area contributed by atoms with Crippen LogP contribution in [0.2, 0.25) is 0 Å². The fourth-order valence-corrected chi connectivity index (χ4v) is 3.97. The zero-order chi connectivity index (χ0) is 14.8. The molecule has 2 aliphatic rings. The van der Waals surface area contributed by atoms with Gasteiger partial charge >= 0.3 is 0 Å². The Morgan fingerprint density at radius 2 is 1.90 bits per heavy atom. The molecule has 116 valence electrons. The monoisotopic (exact) mass is 282 g/mol. The van der Waals surface area contributed by atoms with Gasteiger partial charge in [0.2, 0.25) is 5.91 Å². The summed E-state index contributed by atoms with van der Waals surface area (Å²) in [6.07, 6.45) is 7.54. The third-order valence-electron chi connectivity index (χ3n) is 4.63. The van der Waals surface area contributed by atoms with Gasteiger partial charge in [-0.15, -0.1) is 0 Å². The molecule has 1 saturated heterocycles. The van der Waals surface area contributed by atoms with E-state index in [1.807, 2.05) is 11.9 Å². The molecule has 4 nitrogen and oxygen atoms in total. The van der Waals surface area contributed by atoms with Gasteiger partial charge in [0.1, 0.15) is 0 Å². The van der Waals surface area contributed by atoms with Gasteiger partial charge in [0.25, 0.3) is 0 Å². The molecule has 0 bridgehead atoms. The van der Waals surface area contributed by atoms with Crippen LogP contribution in [0.5, 0.6) is 0 Å². The zero-order valence-electron chi connectivity index (χ0n) is 13.3. The van der Waals surface area contributed by atoms with Gasteiger partial charge in [-0.1, -0.05) is 12.8 Å². The van der Waals surface area contributed by atoms with E-state index in [4.69, 9.17) is 0 Å². The first-order valence-electron chi connectivity index (χ1n) is 8.07. The maximum absolute atomic E-state index is 12.6. The van der Waals surface area contributed by atoms with Gasteiger partial charge in [-0.3, -0.25) is 9.69 Å². The summed E-state index contributed by atoms with van der Waals surface area (Å²) in [5.74, 6) is 0.981. The van der Waals surface area contributed by atoms with E-state index in [0.717, 1.165) is 18.9 Å². The molecule has 2 fully saturated rings. The van der Waals surface area contributed by atoms with Crippen LogP contribution in [0.1, 0.15) is 52.4 Å². The maximum atomic E-state index is 12.6. The molecule has 0 aromatic heterocycles. The molecule has 1 N–H and O–H groups in total. The van der Waals surface area contributed by atoms with Crippen molar-refractivity contribution in [2.75, 3.05) is 26.7 Å². The molecule has 20 heavy (non-hydrogen) atoms.